The number of hydrogen-bond donors (Lipinski definition) is 1. The summed E-state index contributed by atoms with van der Waals surface area (Å²) in [7, 11) is 1.55. The number of amides is 1. The summed E-state index contributed by atoms with van der Waals surface area (Å²) in [6, 6.07) is 13.1. The monoisotopic (exact) mass is 449 g/mol. The van der Waals surface area contributed by atoms with Gasteiger partial charge in [0.15, 0.2) is 0 Å². The molecule has 172 valence electrons. The van der Waals surface area contributed by atoms with E-state index in [9.17, 15) is 14.7 Å². The minimum Gasteiger partial charge on any atom is -0.507 e. The van der Waals surface area contributed by atoms with Crippen molar-refractivity contribution in [1.29, 1.82) is 0 Å². The first-order chi connectivity index (χ1) is 16.0. The predicted octanol–water partition coefficient (Wildman–Crippen LogP) is 3.86. The fourth-order valence-electron chi connectivity index (χ4n) is 4.23. The molecule has 2 saturated heterocycles. The average molecular weight is 450 g/mol. The third-order valence-corrected chi connectivity index (χ3v) is 5.89. The molecular weight excluding hydrogens is 422 g/mol. The number of ether oxygens (including phenoxy) is 3. The van der Waals surface area contributed by atoms with E-state index in [4.69, 9.17) is 14.2 Å². The van der Waals surface area contributed by atoms with Crippen LogP contribution in [0.15, 0.2) is 66.8 Å². The first kappa shape index (κ1) is 22.6. The van der Waals surface area contributed by atoms with E-state index < -0.39 is 17.7 Å². The quantitative estimate of drug-likeness (QED) is 0.285. The van der Waals surface area contributed by atoms with E-state index in [1.165, 1.54) is 4.90 Å². The minimum atomic E-state index is -0.732. The maximum atomic E-state index is 13.1. The molecule has 7 nitrogen and oxygen atoms in total. The molecule has 33 heavy (non-hydrogen) atoms. The van der Waals surface area contributed by atoms with Crippen molar-refractivity contribution in [2.75, 3.05) is 26.9 Å². The number of carbonyl (C=O) groups excluding carboxylic acids is 2. The molecule has 2 heterocycles. The van der Waals surface area contributed by atoms with Crippen molar-refractivity contribution in [3.05, 3.63) is 77.9 Å². The van der Waals surface area contributed by atoms with E-state index in [0.717, 1.165) is 12.8 Å². The van der Waals surface area contributed by atoms with Crippen LogP contribution < -0.4 is 9.47 Å². The van der Waals surface area contributed by atoms with Crippen molar-refractivity contribution >= 4 is 17.4 Å². The van der Waals surface area contributed by atoms with E-state index in [2.05, 4.69) is 6.58 Å². The summed E-state index contributed by atoms with van der Waals surface area (Å²) in [6.07, 6.45) is 3.25. The number of hydrogen-bond acceptors (Lipinski definition) is 6. The lowest BCUT2D eigenvalue weighted by Crippen LogP contribution is -2.36. The van der Waals surface area contributed by atoms with E-state index in [1.807, 2.05) is 0 Å². The number of methoxy groups -OCH3 is 1. The Hall–Kier alpha value is -3.58. The number of ketones is 1. The van der Waals surface area contributed by atoms with Gasteiger partial charge in [0.25, 0.3) is 11.7 Å². The Morgan fingerprint density at radius 2 is 1.85 bits per heavy atom. The van der Waals surface area contributed by atoms with Gasteiger partial charge in [-0.2, -0.15) is 0 Å². The number of aliphatic hydroxyl groups excluding tert-OH is 1. The van der Waals surface area contributed by atoms with E-state index in [-0.39, 0.29) is 24.0 Å². The summed E-state index contributed by atoms with van der Waals surface area (Å²) >= 11 is 0. The minimum absolute atomic E-state index is 0.0583. The zero-order valence-electron chi connectivity index (χ0n) is 18.5. The molecule has 0 spiro atoms. The molecule has 0 saturated carbocycles. The van der Waals surface area contributed by atoms with Gasteiger partial charge in [-0.1, -0.05) is 24.8 Å². The number of carbonyl (C=O) groups is 2. The molecule has 2 aromatic carbocycles. The van der Waals surface area contributed by atoms with Crippen LogP contribution in [-0.2, 0) is 14.3 Å². The molecule has 4 rings (SSSR count). The zero-order valence-corrected chi connectivity index (χ0v) is 18.5. The van der Waals surface area contributed by atoms with Gasteiger partial charge in [0.2, 0.25) is 0 Å². The van der Waals surface area contributed by atoms with Gasteiger partial charge in [0, 0.05) is 18.7 Å². The lowest BCUT2D eigenvalue weighted by molar-refractivity contribution is -0.140. The van der Waals surface area contributed by atoms with E-state index in [1.54, 1.807) is 61.7 Å². The SMILES string of the molecule is C=CCOc1ccc(C2/C(=C(\O)c3ccc(OC)cc3)C(=O)C(=O)N2CC2CCCO2)cc1. The fraction of sp³-hybridized carbons (Fsp3) is 0.308. The summed E-state index contributed by atoms with van der Waals surface area (Å²) in [5.41, 5.74) is 1.19. The molecule has 2 atom stereocenters. The Kier molecular flexibility index (Phi) is 6.79. The molecule has 1 amide bonds. The van der Waals surface area contributed by atoms with Crippen LogP contribution in [0.2, 0.25) is 0 Å². The van der Waals surface area contributed by atoms with Crippen molar-refractivity contribution in [3.63, 3.8) is 0 Å². The van der Waals surface area contributed by atoms with Crippen LogP contribution in [0.1, 0.15) is 30.0 Å². The smallest absolute Gasteiger partial charge is 0.295 e. The van der Waals surface area contributed by atoms with Gasteiger partial charge in [0.05, 0.1) is 24.8 Å². The molecule has 2 aliphatic heterocycles. The van der Waals surface area contributed by atoms with Crippen LogP contribution in [0.4, 0.5) is 0 Å². The third-order valence-electron chi connectivity index (χ3n) is 5.89. The predicted molar refractivity (Wildman–Crippen MR) is 123 cm³/mol. The second-order valence-corrected chi connectivity index (χ2v) is 7.98. The van der Waals surface area contributed by atoms with Crippen molar-refractivity contribution in [3.8, 4) is 11.5 Å². The van der Waals surface area contributed by atoms with Crippen LogP contribution in [0, 0.1) is 0 Å². The van der Waals surface area contributed by atoms with Crippen molar-refractivity contribution < 1.29 is 28.9 Å². The summed E-state index contributed by atoms with van der Waals surface area (Å²) in [5.74, 6) is -0.305. The number of rotatable bonds is 8. The zero-order chi connectivity index (χ0) is 23.4. The topological polar surface area (TPSA) is 85.3 Å². The largest absolute Gasteiger partial charge is 0.507 e. The van der Waals surface area contributed by atoms with Gasteiger partial charge in [-0.15, -0.1) is 0 Å². The Bertz CT molecular complexity index is 1050. The van der Waals surface area contributed by atoms with Crippen LogP contribution in [0.25, 0.3) is 5.76 Å². The Balaban J connectivity index is 1.75. The molecule has 2 unspecified atom stereocenters. The maximum Gasteiger partial charge on any atom is 0.295 e. The molecule has 1 N–H and O–H groups in total. The highest BCUT2D eigenvalue weighted by Gasteiger charge is 2.47. The first-order valence-corrected chi connectivity index (χ1v) is 10.9. The summed E-state index contributed by atoms with van der Waals surface area (Å²) in [5, 5.41) is 11.1. The molecular formula is C26H27NO6. The normalized spacial score (nSPS) is 21.9. The molecule has 7 heteroatoms. The number of benzene rings is 2. The summed E-state index contributed by atoms with van der Waals surface area (Å²) < 4.78 is 16.5. The second-order valence-electron chi connectivity index (χ2n) is 7.98. The van der Waals surface area contributed by atoms with Crippen LogP contribution >= 0.6 is 0 Å². The van der Waals surface area contributed by atoms with Gasteiger partial charge in [-0.3, -0.25) is 9.59 Å². The third kappa shape index (κ3) is 4.64. The highest BCUT2D eigenvalue weighted by molar-refractivity contribution is 6.46. The summed E-state index contributed by atoms with van der Waals surface area (Å²) in [6.45, 7) is 4.93. The van der Waals surface area contributed by atoms with Crippen molar-refractivity contribution in [2.24, 2.45) is 0 Å². The standard InChI is InChI=1S/C26H27NO6/c1-3-14-32-20-12-6-17(7-13-20)23-22(24(28)18-8-10-19(31-2)11-9-18)25(29)26(30)27(23)16-21-5-4-15-33-21/h3,6-13,21,23,28H,1,4-5,14-16H2,2H3/b24-22+. The molecule has 0 bridgehead atoms. The lowest BCUT2D eigenvalue weighted by Gasteiger charge is -2.27. The average Bonchev–Trinajstić information content (AvgIpc) is 3.45. The number of Topliss-reactive ketones (excluding diaryl/α,β-unsaturated/α-hetero) is 1. The Labute approximate surface area is 192 Å². The Morgan fingerprint density at radius 3 is 2.45 bits per heavy atom. The molecule has 0 aliphatic carbocycles. The fourth-order valence-corrected chi connectivity index (χ4v) is 4.23. The highest BCUT2D eigenvalue weighted by Crippen LogP contribution is 2.40. The van der Waals surface area contributed by atoms with Crippen LogP contribution in [0.5, 0.6) is 11.5 Å². The molecule has 2 aliphatic rings. The molecule has 2 aromatic rings. The van der Waals surface area contributed by atoms with E-state index >= 15 is 0 Å². The Morgan fingerprint density at radius 1 is 1.15 bits per heavy atom. The highest BCUT2D eigenvalue weighted by atomic mass is 16.5. The van der Waals surface area contributed by atoms with Crippen LogP contribution in [-0.4, -0.2) is 54.7 Å². The van der Waals surface area contributed by atoms with Gasteiger partial charge in [-0.05, 0) is 54.8 Å². The number of likely N-dealkylation sites (tertiary alicyclic amines) is 1. The van der Waals surface area contributed by atoms with E-state index in [0.29, 0.717) is 35.8 Å². The molecule has 0 radical (unpaired) electrons. The van der Waals surface area contributed by atoms with Crippen LogP contribution in [0.3, 0.4) is 0 Å². The van der Waals surface area contributed by atoms with Crippen molar-refractivity contribution in [2.45, 2.75) is 25.0 Å². The second kappa shape index (κ2) is 9.92. The molecule has 2 fully saturated rings. The van der Waals surface area contributed by atoms with Gasteiger partial charge in [0.1, 0.15) is 23.9 Å². The molecule has 0 aromatic heterocycles. The lowest BCUT2D eigenvalue weighted by atomic mass is 9.95. The van der Waals surface area contributed by atoms with Gasteiger partial charge >= 0.3 is 0 Å². The van der Waals surface area contributed by atoms with Crippen molar-refractivity contribution in [1.82, 2.24) is 4.90 Å². The maximum absolute atomic E-state index is 13.1. The van der Waals surface area contributed by atoms with Gasteiger partial charge in [-0.25, -0.2) is 0 Å². The number of aliphatic hydroxyl groups is 1. The summed E-state index contributed by atoms with van der Waals surface area (Å²) in [4.78, 5) is 27.7. The van der Waals surface area contributed by atoms with Gasteiger partial charge < -0.3 is 24.2 Å². The number of nitrogens with zero attached hydrogens (tertiary/aromatic N) is 1. The first-order valence-electron chi connectivity index (χ1n) is 10.9.